The summed E-state index contributed by atoms with van der Waals surface area (Å²) in [5.74, 6) is -0.667. The SMILES string of the molecule is C=NN(CC(C)(C)c1c(C(F)(F)F)cc(C)n(C)c1=O)C(=O)/C(=C(\C)OC)C(C)Cn1c(C)cc(OC)c(C(C)C)c1=O. The predicted octanol–water partition coefficient (Wildman–Crippen LogP) is 5.29. The van der Waals surface area contributed by atoms with Crippen LogP contribution in [0.15, 0.2) is 38.2 Å². The summed E-state index contributed by atoms with van der Waals surface area (Å²) in [6.45, 7) is 16.4. The lowest BCUT2D eigenvalue weighted by Gasteiger charge is -2.33. The van der Waals surface area contributed by atoms with Gasteiger partial charge in [0.05, 0.1) is 37.5 Å². The van der Waals surface area contributed by atoms with Gasteiger partial charge in [0.15, 0.2) is 0 Å². The summed E-state index contributed by atoms with van der Waals surface area (Å²) in [7, 11) is 4.28. The van der Waals surface area contributed by atoms with Gasteiger partial charge in [0.25, 0.3) is 17.0 Å². The van der Waals surface area contributed by atoms with Gasteiger partial charge in [0.1, 0.15) is 11.5 Å². The summed E-state index contributed by atoms with van der Waals surface area (Å²) in [4.78, 5) is 40.7. The van der Waals surface area contributed by atoms with Gasteiger partial charge in [-0.1, -0.05) is 34.6 Å². The zero-order valence-corrected chi connectivity index (χ0v) is 26.9. The first-order valence-corrected chi connectivity index (χ1v) is 13.8. The number of aryl methyl sites for hydroxylation is 2. The van der Waals surface area contributed by atoms with Gasteiger partial charge in [-0.05, 0) is 38.8 Å². The first-order chi connectivity index (χ1) is 19.7. The molecule has 0 bridgehead atoms. The average Bonchev–Trinajstić information content (AvgIpc) is 2.90. The number of nitrogens with zero attached hydrogens (tertiary/aromatic N) is 4. The Labute approximate surface area is 250 Å². The number of carbonyl (C=O) groups is 1. The molecule has 0 radical (unpaired) electrons. The van der Waals surface area contributed by atoms with Crippen LogP contribution in [-0.2, 0) is 34.7 Å². The molecular formula is C31H43F3N4O5. The Morgan fingerprint density at radius 2 is 1.65 bits per heavy atom. The zero-order chi connectivity index (χ0) is 33.2. The number of halogens is 3. The minimum absolute atomic E-state index is 0.0985. The molecule has 0 aliphatic rings. The molecule has 1 amide bonds. The van der Waals surface area contributed by atoms with E-state index in [1.807, 2.05) is 13.8 Å². The number of allylic oxidation sites excluding steroid dienone is 1. The highest BCUT2D eigenvalue weighted by Crippen LogP contribution is 2.37. The second kappa shape index (κ2) is 13.2. The predicted molar refractivity (Wildman–Crippen MR) is 161 cm³/mol. The van der Waals surface area contributed by atoms with Crippen LogP contribution in [0.25, 0.3) is 0 Å². The van der Waals surface area contributed by atoms with E-state index in [0.29, 0.717) is 17.0 Å². The van der Waals surface area contributed by atoms with Crippen LogP contribution in [0.2, 0.25) is 0 Å². The van der Waals surface area contributed by atoms with Crippen LogP contribution in [0.5, 0.6) is 5.75 Å². The van der Waals surface area contributed by atoms with Crippen LogP contribution in [-0.4, -0.2) is 47.5 Å². The summed E-state index contributed by atoms with van der Waals surface area (Å²) >= 11 is 0. The maximum atomic E-state index is 14.1. The summed E-state index contributed by atoms with van der Waals surface area (Å²) in [5, 5.41) is 4.79. The minimum Gasteiger partial charge on any atom is -0.501 e. The van der Waals surface area contributed by atoms with Gasteiger partial charge < -0.3 is 18.6 Å². The van der Waals surface area contributed by atoms with Crippen molar-refractivity contribution < 1.29 is 27.4 Å². The highest BCUT2D eigenvalue weighted by Gasteiger charge is 2.42. The quantitative estimate of drug-likeness (QED) is 0.150. The van der Waals surface area contributed by atoms with Crippen molar-refractivity contribution in [3.8, 4) is 5.75 Å². The summed E-state index contributed by atoms with van der Waals surface area (Å²) in [5.41, 5.74) is -2.70. The van der Waals surface area contributed by atoms with Crippen LogP contribution >= 0.6 is 0 Å². The first-order valence-electron chi connectivity index (χ1n) is 13.8. The number of alkyl halides is 3. The molecule has 0 spiro atoms. The van der Waals surface area contributed by atoms with Crippen molar-refractivity contribution in [2.75, 3.05) is 20.8 Å². The topological polar surface area (TPSA) is 95.1 Å². The molecule has 1 atom stereocenters. The van der Waals surface area contributed by atoms with Crippen molar-refractivity contribution in [3.05, 3.63) is 72.3 Å². The third-order valence-corrected chi connectivity index (χ3v) is 7.77. The molecule has 1 unspecified atom stereocenters. The Morgan fingerprint density at radius 1 is 1.07 bits per heavy atom. The fourth-order valence-corrected chi connectivity index (χ4v) is 5.34. The molecule has 238 valence electrons. The van der Waals surface area contributed by atoms with E-state index in [1.54, 1.807) is 31.4 Å². The summed E-state index contributed by atoms with van der Waals surface area (Å²) < 4.78 is 55.9. The maximum absolute atomic E-state index is 14.1. The van der Waals surface area contributed by atoms with Crippen LogP contribution in [0.1, 0.15) is 75.5 Å². The average molecular weight is 609 g/mol. The largest absolute Gasteiger partial charge is 0.501 e. The molecule has 0 N–H and O–H groups in total. The third-order valence-electron chi connectivity index (χ3n) is 7.77. The number of carbonyl (C=O) groups excluding carboxylic acids is 1. The molecule has 12 heteroatoms. The number of amides is 1. The van der Waals surface area contributed by atoms with E-state index in [9.17, 15) is 27.6 Å². The van der Waals surface area contributed by atoms with Crippen LogP contribution in [0.4, 0.5) is 13.2 Å². The van der Waals surface area contributed by atoms with E-state index in [1.165, 1.54) is 42.0 Å². The number of hydrazone groups is 1. The highest BCUT2D eigenvalue weighted by molar-refractivity contribution is 5.94. The molecule has 43 heavy (non-hydrogen) atoms. The number of ether oxygens (including phenoxy) is 2. The molecule has 0 aliphatic heterocycles. The molecule has 0 aromatic carbocycles. The van der Waals surface area contributed by atoms with Crippen molar-refractivity contribution in [1.29, 1.82) is 0 Å². The normalized spacial score (nSPS) is 13.5. The lowest BCUT2D eigenvalue weighted by atomic mass is 9.81. The van der Waals surface area contributed by atoms with E-state index in [4.69, 9.17) is 9.47 Å². The first kappa shape index (κ1) is 35.4. The Bertz CT molecular complexity index is 1530. The van der Waals surface area contributed by atoms with E-state index in [2.05, 4.69) is 11.8 Å². The number of rotatable bonds is 11. The van der Waals surface area contributed by atoms with Gasteiger partial charge in [0, 0.05) is 48.6 Å². The Balaban J connectivity index is 2.61. The van der Waals surface area contributed by atoms with Crippen LogP contribution in [0, 0.1) is 19.8 Å². The monoisotopic (exact) mass is 608 g/mol. The second-order valence-corrected chi connectivity index (χ2v) is 11.7. The lowest BCUT2D eigenvalue weighted by molar-refractivity contribution is -0.139. The van der Waals surface area contributed by atoms with E-state index in [0.717, 1.165) is 15.6 Å². The number of methoxy groups -OCH3 is 2. The molecular weight excluding hydrogens is 565 g/mol. The fourth-order valence-electron chi connectivity index (χ4n) is 5.34. The number of hydrogen-bond donors (Lipinski definition) is 0. The minimum atomic E-state index is -4.80. The Hall–Kier alpha value is -3.83. The maximum Gasteiger partial charge on any atom is 0.416 e. The molecule has 9 nitrogen and oxygen atoms in total. The molecule has 0 fully saturated rings. The van der Waals surface area contributed by atoms with E-state index in [-0.39, 0.29) is 41.6 Å². The smallest absolute Gasteiger partial charge is 0.416 e. The summed E-state index contributed by atoms with van der Waals surface area (Å²) in [6.07, 6.45) is -4.80. The standard InChI is InChI=1S/C31H43F3N4O5/c1-17(2)24-23(43-12)14-20(5)37(27(24)39)15-18(3)25(21(6)42-11)28(40)38(35-9)16-30(7,8)26-22(31(32,33)34)13-19(4)36(10)29(26)41/h13-14,17-18H,9,15-16H2,1-8,10-12H3/b25-21+. The van der Waals surface area contributed by atoms with Crippen molar-refractivity contribution >= 4 is 12.6 Å². The highest BCUT2D eigenvalue weighted by atomic mass is 19.4. The van der Waals surface area contributed by atoms with Gasteiger partial charge in [-0.25, -0.2) is 5.01 Å². The van der Waals surface area contributed by atoms with Crippen LogP contribution < -0.4 is 15.9 Å². The second-order valence-electron chi connectivity index (χ2n) is 11.7. The lowest BCUT2D eigenvalue weighted by Crippen LogP contribution is -2.44. The fraction of sp³-hybridized carbons (Fsp3) is 0.548. The van der Waals surface area contributed by atoms with Crippen LogP contribution in [0.3, 0.4) is 0 Å². The molecule has 0 saturated carbocycles. The van der Waals surface area contributed by atoms with Gasteiger partial charge in [-0.15, -0.1) is 0 Å². The molecule has 2 rings (SSSR count). The van der Waals surface area contributed by atoms with Crippen molar-refractivity contribution in [3.63, 3.8) is 0 Å². The molecule has 2 heterocycles. The molecule has 0 aliphatic carbocycles. The van der Waals surface area contributed by atoms with Crippen molar-refractivity contribution in [1.82, 2.24) is 14.1 Å². The van der Waals surface area contributed by atoms with Gasteiger partial charge in [-0.2, -0.15) is 18.3 Å². The number of aromatic nitrogens is 2. The van der Waals surface area contributed by atoms with Gasteiger partial charge in [0.2, 0.25) is 0 Å². The number of pyridine rings is 2. The van der Waals surface area contributed by atoms with E-state index >= 15 is 0 Å². The Kier molecular flexibility index (Phi) is 10.9. The molecule has 2 aromatic rings. The zero-order valence-electron chi connectivity index (χ0n) is 26.9. The number of hydrogen-bond acceptors (Lipinski definition) is 6. The Morgan fingerprint density at radius 3 is 2.12 bits per heavy atom. The summed E-state index contributed by atoms with van der Waals surface area (Å²) in [6, 6.07) is 2.69. The third kappa shape index (κ3) is 7.22. The molecule has 0 saturated heterocycles. The van der Waals surface area contributed by atoms with E-state index < -0.39 is 40.1 Å². The van der Waals surface area contributed by atoms with Gasteiger partial charge >= 0.3 is 6.18 Å². The van der Waals surface area contributed by atoms with Crippen molar-refractivity contribution in [2.24, 2.45) is 18.1 Å². The van der Waals surface area contributed by atoms with Crippen molar-refractivity contribution in [2.45, 2.75) is 79.4 Å². The molecule has 2 aromatic heterocycles. The van der Waals surface area contributed by atoms with Gasteiger partial charge in [-0.3, -0.25) is 14.4 Å².